The van der Waals surface area contributed by atoms with Gasteiger partial charge in [0.05, 0.1) is 19.2 Å². The average Bonchev–Trinajstić information content (AvgIpc) is 2.17. The van der Waals surface area contributed by atoms with Gasteiger partial charge in [0.15, 0.2) is 6.10 Å². The van der Waals surface area contributed by atoms with Crippen molar-refractivity contribution in [2.75, 3.05) is 19.7 Å². The first kappa shape index (κ1) is 11.3. The summed E-state index contributed by atoms with van der Waals surface area (Å²) in [5.41, 5.74) is 0. The molecule has 1 unspecified atom stereocenters. The topological polar surface area (TPSA) is 70.4 Å². The van der Waals surface area contributed by atoms with E-state index in [0.717, 1.165) is 0 Å². The number of sulfonamides is 1. The van der Waals surface area contributed by atoms with Crippen LogP contribution in [0.25, 0.3) is 0 Å². The number of rotatable bonds is 2. The standard InChI is InChI=1S/C6H8F2N2O3S/c7-6(8)14(11,12)10-1-2-13-5(3-9)4-10/h5-6H,1-2,4H2. The third-order valence-corrected chi connectivity index (χ3v) is 3.26. The molecule has 0 N–H and O–H groups in total. The summed E-state index contributed by atoms with van der Waals surface area (Å²) in [5.74, 6) is -3.44. The van der Waals surface area contributed by atoms with Crippen LogP contribution in [-0.4, -0.2) is 44.3 Å². The molecule has 0 amide bonds. The van der Waals surface area contributed by atoms with Crippen molar-refractivity contribution < 1.29 is 21.9 Å². The molecule has 0 bridgehead atoms. The van der Waals surface area contributed by atoms with Gasteiger partial charge in [-0.05, 0) is 0 Å². The lowest BCUT2D eigenvalue weighted by atomic mass is 10.3. The Morgan fingerprint density at radius 1 is 1.57 bits per heavy atom. The quantitative estimate of drug-likeness (QED) is 0.651. The molecule has 1 aliphatic rings. The minimum absolute atomic E-state index is 0.0375. The summed E-state index contributed by atoms with van der Waals surface area (Å²) >= 11 is 0. The normalized spacial score (nSPS) is 24.9. The zero-order valence-corrected chi connectivity index (χ0v) is 7.88. The monoisotopic (exact) mass is 226 g/mol. The number of nitriles is 1. The van der Waals surface area contributed by atoms with E-state index in [0.29, 0.717) is 4.31 Å². The van der Waals surface area contributed by atoms with Gasteiger partial charge in [0.2, 0.25) is 0 Å². The highest BCUT2D eigenvalue weighted by atomic mass is 32.2. The lowest BCUT2D eigenvalue weighted by molar-refractivity contribution is 0.0286. The van der Waals surface area contributed by atoms with E-state index in [1.807, 2.05) is 0 Å². The lowest BCUT2D eigenvalue weighted by Crippen LogP contribution is -2.46. The molecule has 0 aromatic rings. The minimum Gasteiger partial charge on any atom is -0.361 e. The second-order valence-electron chi connectivity index (χ2n) is 2.65. The van der Waals surface area contributed by atoms with Gasteiger partial charge in [-0.2, -0.15) is 18.3 Å². The smallest absolute Gasteiger partial charge is 0.350 e. The molecule has 80 valence electrons. The van der Waals surface area contributed by atoms with Gasteiger partial charge in [-0.25, -0.2) is 8.42 Å². The number of nitrogens with zero attached hydrogens (tertiary/aromatic N) is 2. The van der Waals surface area contributed by atoms with E-state index in [9.17, 15) is 17.2 Å². The molecule has 1 heterocycles. The number of ether oxygens (including phenoxy) is 1. The van der Waals surface area contributed by atoms with Crippen LogP contribution >= 0.6 is 0 Å². The number of morpholine rings is 1. The first-order valence-electron chi connectivity index (χ1n) is 3.77. The van der Waals surface area contributed by atoms with E-state index in [-0.39, 0.29) is 19.7 Å². The van der Waals surface area contributed by atoms with Crippen molar-refractivity contribution in [2.24, 2.45) is 0 Å². The Bertz CT molecular complexity index is 337. The maximum atomic E-state index is 12.1. The third-order valence-electron chi connectivity index (χ3n) is 1.76. The third kappa shape index (κ3) is 2.17. The molecule has 0 saturated carbocycles. The summed E-state index contributed by atoms with van der Waals surface area (Å²) in [5, 5.41) is 8.43. The van der Waals surface area contributed by atoms with Crippen molar-refractivity contribution in [1.29, 1.82) is 5.26 Å². The van der Waals surface area contributed by atoms with Crippen LogP contribution in [0.2, 0.25) is 0 Å². The molecule has 1 aliphatic heterocycles. The van der Waals surface area contributed by atoms with Gasteiger partial charge >= 0.3 is 5.76 Å². The van der Waals surface area contributed by atoms with Gasteiger partial charge in [-0.1, -0.05) is 0 Å². The Labute approximate surface area is 79.9 Å². The summed E-state index contributed by atoms with van der Waals surface area (Å²) in [6, 6.07) is 1.67. The molecule has 1 fully saturated rings. The highest BCUT2D eigenvalue weighted by Gasteiger charge is 2.35. The highest BCUT2D eigenvalue weighted by molar-refractivity contribution is 7.89. The molecule has 8 heteroatoms. The van der Waals surface area contributed by atoms with E-state index in [1.54, 1.807) is 6.07 Å². The van der Waals surface area contributed by atoms with Crippen LogP contribution in [0.1, 0.15) is 0 Å². The van der Waals surface area contributed by atoms with E-state index >= 15 is 0 Å². The summed E-state index contributed by atoms with van der Waals surface area (Å²) in [7, 11) is -4.57. The second kappa shape index (κ2) is 4.16. The molecule has 5 nitrogen and oxygen atoms in total. The maximum absolute atomic E-state index is 12.1. The summed E-state index contributed by atoms with van der Waals surface area (Å²) in [4.78, 5) is 0. The Morgan fingerprint density at radius 2 is 2.21 bits per heavy atom. The predicted molar refractivity (Wildman–Crippen MR) is 41.8 cm³/mol. The first-order valence-corrected chi connectivity index (χ1v) is 5.27. The van der Waals surface area contributed by atoms with Gasteiger partial charge in [0.25, 0.3) is 10.0 Å². The second-order valence-corrected chi connectivity index (χ2v) is 4.55. The Balaban J connectivity index is 2.75. The van der Waals surface area contributed by atoms with Crippen molar-refractivity contribution in [2.45, 2.75) is 11.9 Å². The summed E-state index contributed by atoms with van der Waals surface area (Å²) in [6.07, 6.45) is -0.961. The molecule has 1 rings (SSSR count). The van der Waals surface area contributed by atoms with Crippen LogP contribution < -0.4 is 0 Å². The SMILES string of the molecule is N#CC1CN(S(=O)(=O)C(F)F)CCO1. The van der Waals surface area contributed by atoms with Crippen LogP contribution in [0, 0.1) is 11.3 Å². The van der Waals surface area contributed by atoms with E-state index < -0.39 is 21.9 Å². The van der Waals surface area contributed by atoms with Crippen molar-refractivity contribution >= 4 is 10.0 Å². The zero-order chi connectivity index (χ0) is 10.8. The van der Waals surface area contributed by atoms with Crippen molar-refractivity contribution in [3.63, 3.8) is 0 Å². The summed E-state index contributed by atoms with van der Waals surface area (Å²) < 4.78 is 51.5. The largest absolute Gasteiger partial charge is 0.361 e. The van der Waals surface area contributed by atoms with Crippen molar-refractivity contribution in [3.8, 4) is 6.07 Å². The van der Waals surface area contributed by atoms with Crippen LogP contribution in [-0.2, 0) is 14.8 Å². The van der Waals surface area contributed by atoms with Crippen molar-refractivity contribution in [3.05, 3.63) is 0 Å². The Kier molecular flexibility index (Phi) is 3.36. The fourth-order valence-electron chi connectivity index (χ4n) is 1.05. The molecular formula is C6H8F2N2O3S. The van der Waals surface area contributed by atoms with E-state index in [4.69, 9.17) is 10.00 Å². The van der Waals surface area contributed by atoms with Crippen LogP contribution in [0.3, 0.4) is 0 Å². The molecule has 0 aromatic heterocycles. The highest BCUT2D eigenvalue weighted by Crippen LogP contribution is 2.15. The molecule has 0 aliphatic carbocycles. The maximum Gasteiger partial charge on any atom is 0.350 e. The molecule has 0 spiro atoms. The molecule has 14 heavy (non-hydrogen) atoms. The van der Waals surface area contributed by atoms with E-state index in [2.05, 4.69) is 0 Å². The fraction of sp³-hybridized carbons (Fsp3) is 0.833. The van der Waals surface area contributed by atoms with Gasteiger partial charge in [-0.15, -0.1) is 0 Å². The fourth-order valence-corrected chi connectivity index (χ4v) is 1.95. The van der Waals surface area contributed by atoms with Crippen LogP contribution in [0.5, 0.6) is 0 Å². The predicted octanol–water partition coefficient (Wildman–Crippen LogP) is -0.237. The molecule has 1 saturated heterocycles. The van der Waals surface area contributed by atoms with E-state index in [1.165, 1.54) is 0 Å². The lowest BCUT2D eigenvalue weighted by Gasteiger charge is -2.28. The number of hydrogen-bond donors (Lipinski definition) is 0. The Hall–Kier alpha value is -0.780. The Morgan fingerprint density at radius 3 is 2.71 bits per heavy atom. The van der Waals surface area contributed by atoms with Gasteiger partial charge in [0, 0.05) is 6.54 Å². The average molecular weight is 226 g/mol. The van der Waals surface area contributed by atoms with Crippen LogP contribution in [0.4, 0.5) is 8.78 Å². The number of alkyl halides is 2. The summed E-state index contributed by atoms with van der Waals surface area (Å²) in [6.45, 7) is -0.502. The first-order chi connectivity index (χ1) is 6.48. The molecular weight excluding hydrogens is 218 g/mol. The molecule has 1 atom stereocenters. The molecule has 0 radical (unpaired) electrons. The zero-order valence-electron chi connectivity index (χ0n) is 7.06. The van der Waals surface area contributed by atoms with Crippen LogP contribution in [0.15, 0.2) is 0 Å². The molecule has 0 aromatic carbocycles. The van der Waals surface area contributed by atoms with Gasteiger partial charge < -0.3 is 4.74 Å². The number of halogens is 2. The van der Waals surface area contributed by atoms with Gasteiger partial charge in [-0.3, -0.25) is 0 Å². The minimum atomic E-state index is -4.57. The van der Waals surface area contributed by atoms with Gasteiger partial charge in [0.1, 0.15) is 0 Å². The number of hydrogen-bond acceptors (Lipinski definition) is 4. The van der Waals surface area contributed by atoms with Crippen molar-refractivity contribution in [1.82, 2.24) is 4.31 Å².